The molecular weight excluding hydrogens is 316 g/mol. The molecule has 0 aliphatic heterocycles. The van der Waals surface area contributed by atoms with Crippen LogP contribution in [0.4, 0.5) is 0 Å². The minimum absolute atomic E-state index is 0.912. The molecular formula is C25H34O. The van der Waals surface area contributed by atoms with Gasteiger partial charge in [-0.1, -0.05) is 76.1 Å². The summed E-state index contributed by atoms with van der Waals surface area (Å²) in [5.41, 5.74) is 2.95. The molecule has 140 valence electrons. The number of benzene rings is 2. The SMILES string of the molecule is CCCCCCCCC1CC=C(c2ccc3cc(OC)ccc3c2)CC1. The molecule has 1 atom stereocenters. The molecule has 0 saturated heterocycles. The lowest BCUT2D eigenvalue weighted by molar-refractivity contribution is 0.415. The van der Waals surface area contributed by atoms with Crippen molar-refractivity contribution in [2.75, 3.05) is 7.11 Å². The molecule has 1 unspecified atom stereocenters. The summed E-state index contributed by atoms with van der Waals surface area (Å²) in [7, 11) is 1.73. The number of hydrogen-bond donors (Lipinski definition) is 0. The van der Waals surface area contributed by atoms with E-state index >= 15 is 0 Å². The van der Waals surface area contributed by atoms with Gasteiger partial charge in [-0.05, 0) is 65.3 Å². The van der Waals surface area contributed by atoms with Crippen LogP contribution in [0, 0.1) is 5.92 Å². The van der Waals surface area contributed by atoms with Gasteiger partial charge in [-0.15, -0.1) is 0 Å². The standard InChI is InChI=1S/C25H34O/c1-3-4-5-6-7-8-9-20-10-12-21(13-11-20)22-14-15-24-19-25(26-2)17-16-23(24)18-22/h12,14-20H,3-11,13H2,1-2H3. The van der Waals surface area contributed by atoms with Gasteiger partial charge in [0.1, 0.15) is 5.75 Å². The van der Waals surface area contributed by atoms with Crippen LogP contribution in [-0.4, -0.2) is 7.11 Å². The van der Waals surface area contributed by atoms with Crippen LogP contribution in [0.1, 0.15) is 76.7 Å². The number of hydrogen-bond acceptors (Lipinski definition) is 1. The van der Waals surface area contributed by atoms with Crippen molar-refractivity contribution in [3.8, 4) is 5.75 Å². The monoisotopic (exact) mass is 350 g/mol. The van der Waals surface area contributed by atoms with Gasteiger partial charge in [0.15, 0.2) is 0 Å². The van der Waals surface area contributed by atoms with Crippen molar-refractivity contribution in [1.29, 1.82) is 0 Å². The smallest absolute Gasteiger partial charge is 0.119 e. The van der Waals surface area contributed by atoms with Crippen LogP contribution >= 0.6 is 0 Å². The highest BCUT2D eigenvalue weighted by atomic mass is 16.5. The molecule has 0 amide bonds. The quantitative estimate of drug-likeness (QED) is 0.419. The summed E-state index contributed by atoms with van der Waals surface area (Å²) >= 11 is 0. The number of rotatable bonds is 9. The van der Waals surface area contributed by atoms with Gasteiger partial charge < -0.3 is 4.74 Å². The fraction of sp³-hybridized carbons (Fsp3) is 0.520. The van der Waals surface area contributed by atoms with Gasteiger partial charge >= 0.3 is 0 Å². The van der Waals surface area contributed by atoms with Crippen molar-refractivity contribution in [2.24, 2.45) is 5.92 Å². The van der Waals surface area contributed by atoms with Crippen molar-refractivity contribution in [3.05, 3.63) is 48.0 Å². The van der Waals surface area contributed by atoms with Crippen LogP contribution in [0.2, 0.25) is 0 Å². The Morgan fingerprint density at radius 2 is 1.69 bits per heavy atom. The Balaban J connectivity index is 1.53. The summed E-state index contributed by atoms with van der Waals surface area (Å²) in [6, 6.07) is 13.2. The lowest BCUT2D eigenvalue weighted by Gasteiger charge is -2.22. The van der Waals surface area contributed by atoms with Crippen molar-refractivity contribution < 1.29 is 4.74 Å². The molecule has 1 nitrogen and oxygen atoms in total. The topological polar surface area (TPSA) is 9.23 Å². The van der Waals surface area contributed by atoms with Crippen molar-refractivity contribution in [3.63, 3.8) is 0 Å². The van der Waals surface area contributed by atoms with Crippen LogP contribution in [0.5, 0.6) is 5.75 Å². The number of methoxy groups -OCH3 is 1. The normalized spacial score (nSPS) is 17.3. The summed E-state index contributed by atoms with van der Waals surface area (Å²) < 4.78 is 5.33. The van der Waals surface area contributed by atoms with E-state index in [2.05, 4.69) is 49.4 Å². The highest BCUT2D eigenvalue weighted by Crippen LogP contribution is 2.34. The number of fused-ring (bicyclic) bond motifs is 1. The number of allylic oxidation sites excluding steroid dienone is 2. The third-order valence-corrected chi connectivity index (χ3v) is 5.90. The van der Waals surface area contributed by atoms with Gasteiger partial charge in [-0.2, -0.15) is 0 Å². The molecule has 0 saturated carbocycles. The summed E-state index contributed by atoms with van der Waals surface area (Å²) in [5, 5.41) is 2.56. The summed E-state index contributed by atoms with van der Waals surface area (Å²) in [6.07, 6.45) is 16.3. The van der Waals surface area contributed by atoms with Gasteiger partial charge in [0.05, 0.1) is 7.11 Å². The van der Waals surface area contributed by atoms with E-state index in [0.29, 0.717) is 0 Å². The zero-order valence-corrected chi connectivity index (χ0v) is 16.6. The highest BCUT2D eigenvalue weighted by Gasteiger charge is 2.15. The second-order valence-corrected chi connectivity index (χ2v) is 7.85. The second kappa shape index (κ2) is 9.80. The lowest BCUT2D eigenvalue weighted by Crippen LogP contribution is -2.05. The molecule has 0 radical (unpaired) electrons. The van der Waals surface area contributed by atoms with Gasteiger partial charge in [-0.3, -0.25) is 0 Å². The van der Waals surface area contributed by atoms with Gasteiger partial charge in [0, 0.05) is 0 Å². The second-order valence-electron chi connectivity index (χ2n) is 7.85. The Bertz CT molecular complexity index is 728. The molecule has 2 aromatic carbocycles. The van der Waals surface area contributed by atoms with Crippen LogP contribution in [0.15, 0.2) is 42.5 Å². The van der Waals surface area contributed by atoms with Crippen molar-refractivity contribution >= 4 is 16.3 Å². The summed E-state index contributed by atoms with van der Waals surface area (Å²) in [6.45, 7) is 2.29. The molecule has 0 bridgehead atoms. The van der Waals surface area contributed by atoms with E-state index in [1.54, 1.807) is 12.7 Å². The van der Waals surface area contributed by atoms with Gasteiger partial charge in [0.2, 0.25) is 0 Å². The van der Waals surface area contributed by atoms with Crippen molar-refractivity contribution in [1.82, 2.24) is 0 Å². The first-order valence-corrected chi connectivity index (χ1v) is 10.6. The van der Waals surface area contributed by atoms with E-state index in [4.69, 9.17) is 4.74 Å². The Morgan fingerprint density at radius 1 is 0.923 bits per heavy atom. The molecule has 1 aliphatic rings. The Hall–Kier alpha value is -1.76. The molecule has 0 spiro atoms. The van der Waals surface area contributed by atoms with Crippen LogP contribution in [0.25, 0.3) is 16.3 Å². The zero-order valence-electron chi connectivity index (χ0n) is 16.6. The zero-order chi connectivity index (χ0) is 18.2. The molecule has 2 aromatic rings. The Labute approximate surface area is 159 Å². The maximum atomic E-state index is 5.33. The van der Waals surface area contributed by atoms with Gasteiger partial charge in [-0.25, -0.2) is 0 Å². The molecule has 0 fully saturated rings. The van der Waals surface area contributed by atoms with E-state index in [0.717, 1.165) is 11.7 Å². The van der Waals surface area contributed by atoms with E-state index in [1.807, 2.05) is 0 Å². The first-order valence-electron chi connectivity index (χ1n) is 10.6. The van der Waals surface area contributed by atoms with Crippen LogP contribution in [0.3, 0.4) is 0 Å². The molecule has 26 heavy (non-hydrogen) atoms. The molecule has 0 heterocycles. The lowest BCUT2D eigenvalue weighted by atomic mass is 9.83. The fourth-order valence-electron chi connectivity index (χ4n) is 4.18. The minimum atomic E-state index is 0.912. The summed E-state index contributed by atoms with van der Waals surface area (Å²) in [5.74, 6) is 1.84. The maximum Gasteiger partial charge on any atom is 0.119 e. The van der Waals surface area contributed by atoms with E-state index in [-0.39, 0.29) is 0 Å². The van der Waals surface area contributed by atoms with E-state index in [1.165, 1.54) is 80.5 Å². The molecule has 3 rings (SSSR count). The molecule has 0 N–H and O–H groups in total. The highest BCUT2D eigenvalue weighted by molar-refractivity contribution is 5.87. The number of ether oxygens (including phenoxy) is 1. The Morgan fingerprint density at radius 3 is 2.46 bits per heavy atom. The summed E-state index contributed by atoms with van der Waals surface area (Å²) in [4.78, 5) is 0. The molecule has 1 heteroatoms. The molecule has 0 aromatic heterocycles. The molecule has 1 aliphatic carbocycles. The predicted octanol–water partition coefficient (Wildman–Crippen LogP) is 7.78. The minimum Gasteiger partial charge on any atom is -0.497 e. The fourth-order valence-corrected chi connectivity index (χ4v) is 4.18. The maximum absolute atomic E-state index is 5.33. The van der Waals surface area contributed by atoms with Crippen molar-refractivity contribution in [2.45, 2.75) is 71.1 Å². The first kappa shape index (κ1) is 19.0. The largest absolute Gasteiger partial charge is 0.497 e. The van der Waals surface area contributed by atoms with Crippen LogP contribution < -0.4 is 4.74 Å². The van der Waals surface area contributed by atoms with Gasteiger partial charge in [0.25, 0.3) is 0 Å². The average molecular weight is 351 g/mol. The predicted molar refractivity (Wildman–Crippen MR) is 114 cm³/mol. The number of unbranched alkanes of at least 4 members (excludes halogenated alkanes) is 5. The Kier molecular flexibility index (Phi) is 7.17. The average Bonchev–Trinajstić information content (AvgIpc) is 2.70. The van der Waals surface area contributed by atoms with E-state index in [9.17, 15) is 0 Å². The third kappa shape index (κ3) is 5.13. The third-order valence-electron chi connectivity index (χ3n) is 5.90. The van der Waals surface area contributed by atoms with Crippen LogP contribution in [-0.2, 0) is 0 Å². The van der Waals surface area contributed by atoms with E-state index < -0.39 is 0 Å². The first-order chi connectivity index (χ1) is 12.8.